The molecule has 2 atom stereocenters. The van der Waals surface area contributed by atoms with Gasteiger partial charge in [-0.05, 0) is 63.9 Å². The Morgan fingerprint density at radius 2 is 1.74 bits per heavy atom. The summed E-state index contributed by atoms with van der Waals surface area (Å²) in [5.41, 5.74) is 2.15. The molecule has 1 N–H and O–H groups in total. The van der Waals surface area contributed by atoms with Crippen molar-refractivity contribution in [2.45, 2.75) is 45.4 Å². The van der Waals surface area contributed by atoms with Crippen LogP contribution < -0.4 is 9.46 Å². The summed E-state index contributed by atoms with van der Waals surface area (Å²) in [7, 11) is 0. The van der Waals surface area contributed by atoms with E-state index in [9.17, 15) is 4.55 Å². The van der Waals surface area contributed by atoms with E-state index in [1.165, 1.54) is 0 Å². The lowest BCUT2D eigenvalue weighted by Gasteiger charge is -2.26. The summed E-state index contributed by atoms with van der Waals surface area (Å²) in [6.07, 6.45) is 0. The minimum absolute atomic E-state index is 0.0135. The van der Waals surface area contributed by atoms with Crippen molar-refractivity contribution in [3.05, 3.63) is 59.7 Å². The summed E-state index contributed by atoms with van der Waals surface area (Å²) < 4.78 is 21.0. The molecular weight excluding hydrogens is 306 g/mol. The molecule has 0 bridgehead atoms. The van der Waals surface area contributed by atoms with Gasteiger partial charge < -0.3 is 9.29 Å². The molecule has 0 heterocycles. The van der Waals surface area contributed by atoms with Crippen molar-refractivity contribution in [1.29, 1.82) is 0 Å². The van der Waals surface area contributed by atoms with Crippen molar-refractivity contribution in [2.75, 3.05) is 0 Å². The molecule has 124 valence electrons. The van der Waals surface area contributed by atoms with Crippen molar-refractivity contribution in [2.24, 2.45) is 0 Å². The highest BCUT2D eigenvalue weighted by molar-refractivity contribution is 7.90. The largest absolute Gasteiger partial charge is 0.598 e. The minimum atomic E-state index is -1.09. The molecule has 0 aliphatic heterocycles. The standard InChI is InChI=1S/C19H25NO2S/c1-14-13-16(15(2)20-23(21)19(3,4)5)11-12-18(14)22-17-9-7-6-8-10-17/h6-13,15,20H,1-5H3. The number of ether oxygens (including phenoxy) is 1. The summed E-state index contributed by atoms with van der Waals surface area (Å²) >= 11 is -1.09. The average Bonchev–Trinajstić information content (AvgIpc) is 2.49. The predicted octanol–water partition coefficient (Wildman–Crippen LogP) is 4.90. The van der Waals surface area contributed by atoms with Crippen LogP contribution in [0.4, 0.5) is 0 Å². The summed E-state index contributed by atoms with van der Waals surface area (Å²) in [6.45, 7) is 9.94. The molecule has 0 fully saturated rings. The summed E-state index contributed by atoms with van der Waals surface area (Å²) in [5.74, 6) is 1.66. The molecule has 2 aromatic rings. The van der Waals surface area contributed by atoms with Crippen LogP contribution in [-0.2, 0) is 11.4 Å². The van der Waals surface area contributed by atoms with E-state index >= 15 is 0 Å². The molecule has 0 amide bonds. The third-order valence-electron chi connectivity index (χ3n) is 3.51. The topological polar surface area (TPSA) is 44.3 Å². The summed E-state index contributed by atoms with van der Waals surface area (Å²) in [5, 5.41) is 0. The van der Waals surface area contributed by atoms with Gasteiger partial charge >= 0.3 is 0 Å². The number of para-hydroxylation sites is 1. The Bertz CT molecular complexity index is 638. The first kappa shape index (κ1) is 17.9. The molecule has 0 saturated carbocycles. The van der Waals surface area contributed by atoms with Crippen molar-refractivity contribution in [1.82, 2.24) is 4.72 Å². The Balaban J connectivity index is 2.09. The molecule has 23 heavy (non-hydrogen) atoms. The van der Waals surface area contributed by atoms with Crippen LogP contribution in [0.2, 0.25) is 0 Å². The second-order valence-electron chi connectivity index (χ2n) is 6.66. The molecule has 0 spiro atoms. The average molecular weight is 331 g/mol. The number of hydrogen-bond donors (Lipinski definition) is 1. The molecule has 0 aliphatic carbocycles. The predicted molar refractivity (Wildman–Crippen MR) is 97.1 cm³/mol. The fraction of sp³-hybridized carbons (Fsp3) is 0.368. The molecule has 2 rings (SSSR count). The van der Waals surface area contributed by atoms with Crippen LogP contribution in [0.25, 0.3) is 0 Å². The van der Waals surface area contributed by atoms with Crippen molar-refractivity contribution in [3.8, 4) is 11.5 Å². The fourth-order valence-corrected chi connectivity index (χ4v) is 2.89. The van der Waals surface area contributed by atoms with Gasteiger partial charge in [0.2, 0.25) is 0 Å². The number of nitrogens with one attached hydrogen (secondary N) is 1. The van der Waals surface area contributed by atoms with Crippen LogP contribution in [0.5, 0.6) is 11.5 Å². The number of benzene rings is 2. The zero-order valence-corrected chi connectivity index (χ0v) is 15.2. The molecular formula is C19H25NO2S. The zero-order chi connectivity index (χ0) is 17.0. The third kappa shape index (κ3) is 4.99. The SMILES string of the molecule is Cc1cc(C(C)N[S+]([O-])C(C)(C)C)ccc1Oc1ccccc1. The van der Waals surface area contributed by atoms with Gasteiger partial charge in [0.25, 0.3) is 0 Å². The first-order chi connectivity index (χ1) is 10.8. The first-order valence-corrected chi connectivity index (χ1v) is 8.94. The quantitative estimate of drug-likeness (QED) is 0.793. The van der Waals surface area contributed by atoms with Gasteiger partial charge in [-0.1, -0.05) is 30.3 Å². The Morgan fingerprint density at radius 3 is 2.30 bits per heavy atom. The highest BCUT2D eigenvalue weighted by Gasteiger charge is 2.28. The normalized spacial score (nSPS) is 14.3. The molecule has 0 saturated heterocycles. The number of hydrogen-bond acceptors (Lipinski definition) is 3. The molecule has 2 unspecified atom stereocenters. The maximum Gasteiger partial charge on any atom is 0.136 e. The second-order valence-corrected chi connectivity index (χ2v) is 8.66. The number of aryl methyl sites for hydroxylation is 1. The van der Waals surface area contributed by atoms with Crippen LogP contribution in [0.1, 0.15) is 44.9 Å². The van der Waals surface area contributed by atoms with E-state index in [2.05, 4.69) is 10.8 Å². The maximum atomic E-state index is 12.2. The van der Waals surface area contributed by atoms with E-state index in [1.54, 1.807) is 0 Å². The smallest absolute Gasteiger partial charge is 0.136 e. The van der Waals surface area contributed by atoms with Crippen LogP contribution in [0.15, 0.2) is 48.5 Å². The van der Waals surface area contributed by atoms with Crippen LogP contribution in [-0.4, -0.2) is 9.30 Å². The van der Waals surface area contributed by atoms with E-state index in [0.29, 0.717) is 0 Å². The number of rotatable bonds is 5. The van der Waals surface area contributed by atoms with Gasteiger partial charge in [-0.2, -0.15) is 0 Å². The monoisotopic (exact) mass is 331 g/mol. The van der Waals surface area contributed by atoms with Gasteiger partial charge in [0, 0.05) is 11.4 Å². The first-order valence-electron chi connectivity index (χ1n) is 7.79. The van der Waals surface area contributed by atoms with Crippen molar-refractivity contribution in [3.63, 3.8) is 0 Å². The zero-order valence-electron chi connectivity index (χ0n) is 14.4. The Morgan fingerprint density at radius 1 is 1.09 bits per heavy atom. The van der Waals surface area contributed by atoms with Gasteiger partial charge in [-0.15, -0.1) is 4.72 Å². The Labute approximate surface area is 142 Å². The third-order valence-corrected chi connectivity index (χ3v) is 5.19. The van der Waals surface area contributed by atoms with Crippen LogP contribution >= 0.6 is 0 Å². The molecule has 2 aromatic carbocycles. The van der Waals surface area contributed by atoms with Crippen molar-refractivity contribution < 1.29 is 9.29 Å². The molecule has 0 aromatic heterocycles. The summed E-state index contributed by atoms with van der Waals surface area (Å²) in [4.78, 5) is 0. The van der Waals surface area contributed by atoms with E-state index in [0.717, 1.165) is 22.6 Å². The lowest BCUT2D eigenvalue weighted by Crippen LogP contribution is -2.40. The van der Waals surface area contributed by atoms with E-state index < -0.39 is 11.4 Å². The van der Waals surface area contributed by atoms with Gasteiger partial charge in [0.05, 0.1) is 6.04 Å². The molecule has 0 aliphatic rings. The van der Waals surface area contributed by atoms with Gasteiger partial charge in [-0.25, -0.2) is 0 Å². The van der Waals surface area contributed by atoms with Crippen LogP contribution in [0.3, 0.4) is 0 Å². The van der Waals surface area contributed by atoms with Gasteiger partial charge in [0.1, 0.15) is 16.2 Å². The maximum absolute atomic E-state index is 12.2. The molecule has 4 heteroatoms. The van der Waals surface area contributed by atoms with E-state index in [-0.39, 0.29) is 10.8 Å². The molecule has 3 nitrogen and oxygen atoms in total. The van der Waals surface area contributed by atoms with Crippen molar-refractivity contribution >= 4 is 11.4 Å². The second kappa shape index (κ2) is 7.39. The lowest BCUT2D eigenvalue weighted by atomic mass is 10.1. The summed E-state index contributed by atoms with van der Waals surface area (Å²) in [6, 6.07) is 15.8. The Hall–Kier alpha value is -1.49. The minimum Gasteiger partial charge on any atom is -0.598 e. The van der Waals surface area contributed by atoms with Gasteiger partial charge in [-0.3, -0.25) is 0 Å². The highest BCUT2D eigenvalue weighted by atomic mass is 32.2. The van der Waals surface area contributed by atoms with Crippen LogP contribution in [0, 0.1) is 6.92 Å². The highest BCUT2D eigenvalue weighted by Crippen LogP contribution is 2.28. The van der Waals surface area contributed by atoms with E-state index in [4.69, 9.17) is 4.74 Å². The fourth-order valence-electron chi connectivity index (χ4n) is 2.08. The lowest BCUT2D eigenvalue weighted by molar-refractivity contribution is 0.478. The van der Waals surface area contributed by atoms with E-state index in [1.807, 2.05) is 77.1 Å². The Kier molecular flexibility index (Phi) is 5.74. The van der Waals surface area contributed by atoms with Gasteiger partial charge in [0.15, 0.2) is 0 Å². The molecule has 0 radical (unpaired) electrons.